The maximum atomic E-state index is 12.9. The first-order chi connectivity index (χ1) is 16.3. The highest BCUT2D eigenvalue weighted by Crippen LogP contribution is 2.40. The monoisotopic (exact) mass is 518 g/mol. The largest absolute Gasteiger partial charge is 0.457 e. The van der Waals surface area contributed by atoms with Gasteiger partial charge >= 0.3 is 0 Å². The minimum absolute atomic E-state index is 0.0375. The Balaban J connectivity index is 1.38. The Labute approximate surface area is 206 Å². The van der Waals surface area contributed by atoms with Gasteiger partial charge in [0.15, 0.2) is 11.5 Å². The van der Waals surface area contributed by atoms with E-state index in [9.17, 15) is 19.7 Å². The summed E-state index contributed by atoms with van der Waals surface area (Å²) >= 11 is 13.2. The van der Waals surface area contributed by atoms with Crippen LogP contribution in [0.15, 0.2) is 51.8 Å². The fraction of sp³-hybridized carbons (Fsp3) is 0.0909. The first kappa shape index (κ1) is 22.3. The Hall–Kier alpha value is -3.47. The van der Waals surface area contributed by atoms with E-state index in [1.54, 1.807) is 24.3 Å². The van der Waals surface area contributed by atoms with Crippen LogP contribution in [0, 0.1) is 10.1 Å². The van der Waals surface area contributed by atoms with E-state index < -0.39 is 16.1 Å². The van der Waals surface area contributed by atoms with Gasteiger partial charge in [0.05, 0.1) is 21.4 Å². The van der Waals surface area contributed by atoms with Crippen LogP contribution in [0.25, 0.3) is 17.4 Å². The number of benzene rings is 2. The Bertz CT molecular complexity index is 1400. The van der Waals surface area contributed by atoms with E-state index in [0.717, 1.165) is 16.7 Å². The average Bonchev–Trinajstić information content (AvgIpc) is 3.51. The van der Waals surface area contributed by atoms with Gasteiger partial charge in [0.25, 0.3) is 16.8 Å². The molecule has 0 bridgehead atoms. The number of rotatable bonds is 5. The van der Waals surface area contributed by atoms with Gasteiger partial charge in [-0.3, -0.25) is 24.6 Å². The first-order valence-electron chi connectivity index (χ1n) is 9.67. The molecule has 5 rings (SSSR count). The van der Waals surface area contributed by atoms with Gasteiger partial charge in [-0.2, -0.15) is 0 Å². The number of nitro benzene ring substituents is 1. The zero-order valence-corrected chi connectivity index (χ0v) is 19.3. The lowest BCUT2D eigenvalue weighted by Gasteiger charge is -2.14. The second kappa shape index (κ2) is 8.71. The summed E-state index contributed by atoms with van der Waals surface area (Å²) < 4.78 is 16.3. The smallest absolute Gasteiger partial charge is 0.293 e. The molecule has 2 amide bonds. The van der Waals surface area contributed by atoms with E-state index >= 15 is 0 Å². The van der Waals surface area contributed by atoms with Crippen molar-refractivity contribution in [2.45, 2.75) is 6.54 Å². The third-order valence-corrected chi connectivity index (χ3v) is 6.66. The highest BCUT2D eigenvalue weighted by Gasteiger charge is 2.36. The number of amides is 2. The van der Waals surface area contributed by atoms with Crippen molar-refractivity contribution in [3.05, 3.63) is 78.9 Å². The predicted octanol–water partition coefficient (Wildman–Crippen LogP) is 6.13. The van der Waals surface area contributed by atoms with Gasteiger partial charge in [0.1, 0.15) is 11.5 Å². The van der Waals surface area contributed by atoms with Gasteiger partial charge in [0, 0.05) is 34.9 Å². The van der Waals surface area contributed by atoms with Crippen LogP contribution in [0.1, 0.15) is 11.3 Å². The summed E-state index contributed by atoms with van der Waals surface area (Å²) in [5.41, 5.74) is 0.733. The van der Waals surface area contributed by atoms with E-state index in [-0.39, 0.29) is 40.5 Å². The second-order valence-corrected chi connectivity index (χ2v) is 9.00. The molecule has 1 saturated heterocycles. The molecular formula is C22H12Cl2N2O7S. The summed E-state index contributed by atoms with van der Waals surface area (Å²) in [7, 11) is 0. The molecule has 3 heterocycles. The number of hydrogen-bond acceptors (Lipinski definition) is 8. The summed E-state index contributed by atoms with van der Waals surface area (Å²) in [6.45, 7) is 0.0380. The quantitative estimate of drug-likeness (QED) is 0.225. The molecule has 0 saturated carbocycles. The number of hydrogen-bond donors (Lipinski definition) is 0. The molecule has 172 valence electrons. The molecule has 0 aliphatic carbocycles. The zero-order chi connectivity index (χ0) is 24.0. The normalized spacial score (nSPS) is 16.1. The van der Waals surface area contributed by atoms with E-state index in [1.807, 2.05) is 0 Å². The highest BCUT2D eigenvalue weighted by atomic mass is 35.5. The van der Waals surface area contributed by atoms with Crippen molar-refractivity contribution in [3.8, 4) is 22.8 Å². The molecule has 1 fully saturated rings. The maximum absolute atomic E-state index is 12.9. The van der Waals surface area contributed by atoms with Crippen LogP contribution in [0.5, 0.6) is 11.5 Å². The number of halogens is 2. The molecule has 0 radical (unpaired) electrons. The van der Waals surface area contributed by atoms with Crippen LogP contribution in [-0.2, 0) is 11.3 Å². The third-order valence-electron chi connectivity index (χ3n) is 5.07. The fourth-order valence-electron chi connectivity index (χ4n) is 3.41. The number of nitro groups is 1. The number of imide groups is 1. The van der Waals surface area contributed by atoms with Gasteiger partial charge in [-0.25, -0.2) is 0 Å². The number of nitrogens with zero attached hydrogens (tertiary/aromatic N) is 2. The second-order valence-electron chi connectivity index (χ2n) is 7.19. The molecule has 9 nitrogen and oxygen atoms in total. The van der Waals surface area contributed by atoms with Crippen molar-refractivity contribution < 1.29 is 28.4 Å². The number of carbonyl (C=O) groups excluding carboxylic acids is 2. The SMILES string of the molecule is O=C1S/C(=C\c2ccc(-c3cc([N+](=O)[O-])ccc3Cl)o2)C(=O)N1Cc1cc2c(cc1Cl)OCO2. The standard InChI is InChI=1S/C22H12Cl2N2O7S/c23-15-3-1-12(26(29)30)6-14(15)17-4-2-13(33-17)7-20-21(27)25(22(28)34-20)9-11-5-18-19(8-16(11)24)32-10-31-18/h1-8H,9-10H2/b20-7-. The number of ether oxygens (including phenoxy) is 2. The van der Waals surface area contributed by atoms with Gasteiger partial charge in [0.2, 0.25) is 6.79 Å². The minimum atomic E-state index is -0.536. The summed E-state index contributed by atoms with van der Waals surface area (Å²) in [6, 6.07) is 10.4. The van der Waals surface area contributed by atoms with E-state index in [0.29, 0.717) is 27.6 Å². The van der Waals surface area contributed by atoms with Crippen LogP contribution in [0.4, 0.5) is 10.5 Å². The number of furan rings is 1. The Morgan fingerprint density at radius 3 is 2.59 bits per heavy atom. The lowest BCUT2D eigenvalue weighted by molar-refractivity contribution is -0.384. The third kappa shape index (κ3) is 4.11. The van der Waals surface area contributed by atoms with Gasteiger partial charge in [-0.05, 0) is 41.6 Å². The molecule has 2 aliphatic heterocycles. The summed E-state index contributed by atoms with van der Waals surface area (Å²) in [4.78, 5) is 37.2. The summed E-state index contributed by atoms with van der Waals surface area (Å²) in [5, 5.41) is 11.2. The van der Waals surface area contributed by atoms with Crippen molar-refractivity contribution in [2.24, 2.45) is 0 Å². The van der Waals surface area contributed by atoms with Crippen molar-refractivity contribution in [3.63, 3.8) is 0 Å². The number of thioether (sulfide) groups is 1. The van der Waals surface area contributed by atoms with E-state index in [4.69, 9.17) is 37.1 Å². The zero-order valence-electron chi connectivity index (χ0n) is 16.9. The average molecular weight is 519 g/mol. The Morgan fingerprint density at radius 2 is 1.82 bits per heavy atom. The number of non-ortho nitro benzene ring substituents is 1. The van der Waals surface area contributed by atoms with Crippen LogP contribution in [0.3, 0.4) is 0 Å². The minimum Gasteiger partial charge on any atom is -0.457 e. The molecule has 3 aromatic rings. The van der Waals surface area contributed by atoms with Crippen LogP contribution < -0.4 is 9.47 Å². The van der Waals surface area contributed by atoms with Gasteiger partial charge in [-0.1, -0.05) is 23.2 Å². The number of carbonyl (C=O) groups is 2. The van der Waals surface area contributed by atoms with Crippen molar-refractivity contribution >= 4 is 57.9 Å². The summed E-state index contributed by atoms with van der Waals surface area (Å²) in [6.07, 6.45) is 1.43. The first-order valence-corrected chi connectivity index (χ1v) is 11.2. The van der Waals surface area contributed by atoms with Gasteiger partial charge in [-0.15, -0.1) is 0 Å². The topological polar surface area (TPSA) is 112 Å². The number of fused-ring (bicyclic) bond motifs is 1. The van der Waals surface area contributed by atoms with Crippen molar-refractivity contribution in [1.29, 1.82) is 0 Å². The maximum Gasteiger partial charge on any atom is 0.293 e. The lowest BCUT2D eigenvalue weighted by atomic mass is 10.1. The highest BCUT2D eigenvalue weighted by molar-refractivity contribution is 8.18. The molecule has 0 spiro atoms. The van der Waals surface area contributed by atoms with E-state index in [1.165, 1.54) is 24.3 Å². The molecule has 0 N–H and O–H groups in total. The molecule has 12 heteroatoms. The van der Waals surface area contributed by atoms with Crippen LogP contribution in [0.2, 0.25) is 10.0 Å². The Kier molecular flexibility index (Phi) is 5.72. The molecule has 34 heavy (non-hydrogen) atoms. The summed E-state index contributed by atoms with van der Waals surface area (Å²) in [5.74, 6) is 1.05. The predicted molar refractivity (Wildman–Crippen MR) is 125 cm³/mol. The van der Waals surface area contributed by atoms with Crippen molar-refractivity contribution in [2.75, 3.05) is 6.79 Å². The molecular weight excluding hydrogens is 507 g/mol. The van der Waals surface area contributed by atoms with Crippen LogP contribution in [-0.4, -0.2) is 27.8 Å². The van der Waals surface area contributed by atoms with Gasteiger partial charge < -0.3 is 13.9 Å². The molecule has 1 aromatic heterocycles. The molecule has 2 aliphatic rings. The lowest BCUT2D eigenvalue weighted by Crippen LogP contribution is -2.27. The Morgan fingerprint density at radius 1 is 1.06 bits per heavy atom. The molecule has 0 atom stereocenters. The van der Waals surface area contributed by atoms with E-state index in [2.05, 4.69) is 0 Å². The van der Waals surface area contributed by atoms with Crippen molar-refractivity contribution in [1.82, 2.24) is 4.90 Å². The fourth-order valence-corrected chi connectivity index (χ4v) is 4.65. The molecule has 0 unspecified atom stereocenters. The van der Waals surface area contributed by atoms with Crippen LogP contribution >= 0.6 is 35.0 Å². The molecule has 2 aromatic carbocycles.